The van der Waals surface area contributed by atoms with Crippen LogP contribution in [0.15, 0.2) is 28.8 Å². The number of benzene rings is 1. The number of rotatable bonds is 5. The van der Waals surface area contributed by atoms with Crippen molar-refractivity contribution in [1.29, 1.82) is 0 Å². The molecule has 2 heterocycles. The lowest BCUT2D eigenvalue weighted by molar-refractivity contribution is 0.0892. The average molecular weight is 387 g/mol. The Bertz CT molecular complexity index is 803. The van der Waals surface area contributed by atoms with Crippen LogP contribution in [0.25, 0.3) is 0 Å². The lowest BCUT2D eigenvalue weighted by Gasteiger charge is -2.31. The fourth-order valence-electron chi connectivity index (χ4n) is 3.17. The number of carbonyl (C=O) groups excluding carboxylic acids is 2. The highest BCUT2D eigenvalue weighted by atomic mass is 16.5. The number of carbonyl (C=O) groups is 2. The van der Waals surface area contributed by atoms with Crippen LogP contribution in [-0.4, -0.2) is 48.3 Å². The minimum atomic E-state index is -0.322. The molecule has 28 heavy (non-hydrogen) atoms. The average Bonchev–Trinajstić information content (AvgIpc) is 3.04. The Morgan fingerprint density at radius 1 is 1.21 bits per heavy atom. The molecule has 0 spiro atoms. The summed E-state index contributed by atoms with van der Waals surface area (Å²) in [7, 11) is 1.37. The minimum absolute atomic E-state index is 0.0453. The third kappa shape index (κ3) is 4.62. The fourth-order valence-corrected chi connectivity index (χ4v) is 3.17. The molecule has 1 fully saturated rings. The highest BCUT2D eigenvalue weighted by Gasteiger charge is 2.24. The van der Waals surface area contributed by atoms with Crippen LogP contribution in [0.5, 0.6) is 5.75 Å². The van der Waals surface area contributed by atoms with Crippen molar-refractivity contribution in [2.24, 2.45) is 0 Å². The van der Waals surface area contributed by atoms with Gasteiger partial charge < -0.3 is 24.2 Å². The van der Waals surface area contributed by atoms with Crippen molar-refractivity contribution in [3.05, 3.63) is 46.8 Å². The van der Waals surface area contributed by atoms with Gasteiger partial charge in [0.05, 0.1) is 18.4 Å². The van der Waals surface area contributed by atoms with E-state index in [0.717, 1.165) is 17.0 Å². The third-order valence-electron chi connectivity index (χ3n) is 4.94. The van der Waals surface area contributed by atoms with E-state index in [-0.39, 0.29) is 18.0 Å². The smallest absolute Gasteiger partial charge is 0.409 e. The van der Waals surface area contributed by atoms with Crippen molar-refractivity contribution in [1.82, 2.24) is 15.4 Å². The summed E-state index contributed by atoms with van der Waals surface area (Å²) < 4.78 is 15.6. The predicted octanol–water partition coefficient (Wildman–Crippen LogP) is 2.83. The zero-order valence-electron chi connectivity index (χ0n) is 16.4. The second-order valence-electron chi connectivity index (χ2n) is 6.82. The maximum absolute atomic E-state index is 12.5. The number of hydrogen-bond acceptors (Lipinski definition) is 6. The molecule has 150 valence electrons. The zero-order valence-corrected chi connectivity index (χ0v) is 16.4. The van der Waals surface area contributed by atoms with Gasteiger partial charge in [0.1, 0.15) is 18.1 Å². The van der Waals surface area contributed by atoms with E-state index in [0.29, 0.717) is 43.9 Å². The summed E-state index contributed by atoms with van der Waals surface area (Å²) in [6.45, 7) is 5.24. The van der Waals surface area contributed by atoms with Crippen LogP contribution in [0.2, 0.25) is 0 Å². The molecule has 0 unspecified atom stereocenters. The summed E-state index contributed by atoms with van der Waals surface area (Å²) >= 11 is 0. The third-order valence-corrected chi connectivity index (χ3v) is 4.94. The first-order chi connectivity index (χ1) is 13.5. The van der Waals surface area contributed by atoms with Crippen molar-refractivity contribution in [3.8, 4) is 5.75 Å². The van der Waals surface area contributed by atoms with Gasteiger partial charge in [-0.1, -0.05) is 5.16 Å². The summed E-state index contributed by atoms with van der Waals surface area (Å²) in [5.74, 6) is 1.28. The number of hydrogen-bond donors (Lipinski definition) is 1. The van der Waals surface area contributed by atoms with Crippen LogP contribution in [0, 0.1) is 13.8 Å². The molecule has 2 aromatic rings. The first kappa shape index (κ1) is 19.7. The van der Waals surface area contributed by atoms with Crippen molar-refractivity contribution in [3.63, 3.8) is 0 Å². The maximum Gasteiger partial charge on any atom is 0.409 e. The molecule has 0 radical (unpaired) electrons. The number of nitrogens with zero attached hydrogens (tertiary/aromatic N) is 2. The van der Waals surface area contributed by atoms with E-state index >= 15 is 0 Å². The second-order valence-corrected chi connectivity index (χ2v) is 6.82. The van der Waals surface area contributed by atoms with Gasteiger partial charge in [-0.2, -0.15) is 0 Å². The number of amides is 2. The Balaban J connectivity index is 1.49. The molecule has 1 saturated heterocycles. The van der Waals surface area contributed by atoms with Crippen LogP contribution in [0.4, 0.5) is 4.79 Å². The largest absolute Gasteiger partial charge is 0.489 e. The summed E-state index contributed by atoms with van der Waals surface area (Å²) in [6, 6.07) is 7.06. The number of likely N-dealkylation sites (tertiary alicyclic amines) is 1. The lowest BCUT2D eigenvalue weighted by atomic mass is 10.0. The van der Waals surface area contributed by atoms with E-state index in [1.165, 1.54) is 7.11 Å². The Kier molecular flexibility index (Phi) is 6.18. The molecule has 1 aromatic heterocycles. The predicted molar refractivity (Wildman–Crippen MR) is 101 cm³/mol. The number of aryl methyl sites for hydroxylation is 2. The van der Waals surface area contributed by atoms with Crippen LogP contribution in [0.1, 0.15) is 40.2 Å². The molecule has 3 rings (SSSR count). The first-order valence-electron chi connectivity index (χ1n) is 9.26. The number of methoxy groups -OCH3 is 1. The van der Waals surface area contributed by atoms with Gasteiger partial charge in [0, 0.05) is 24.7 Å². The Morgan fingerprint density at radius 2 is 1.89 bits per heavy atom. The fraction of sp³-hybridized carbons (Fsp3) is 0.450. The van der Waals surface area contributed by atoms with Crippen molar-refractivity contribution < 1.29 is 23.6 Å². The van der Waals surface area contributed by atoms with E-state index in [9.17, 15) is 9.59 Å². The number of piperidine rings is 1. The van der Waals surface area contributed by atoms with E-state index in [1.807, 2.05) is 13.8 Å². The van der Waals surface area contributed by atoms with Crippen molar-refractivity contribution >= 4 is 12.0 Å². The van der Waals surface area contributed by atoms with Gasteiger partial charge in [-0.25, -0.2) is 4.79 Å². The second kappa shape index (κ2) is 8.77. The van der Waals surface area contributed by atoms with Gasteiger partial charge >= 0.3 is 6.09 Å². The number of aromatic nitrogens is 1. The molecule has 2 amide bonds. The molecule has 1 aromatic carbocycles. The van der Waals surface area contributed by atoms with Crippen molar-refractivity contribution in [2.45, 2.75) is 39.3 Å². The number of nitrogens with one attached hydrogen (secondary N) is 1. The Morgan fingerprint density at radius 3 is 2.46 bits per heavy atom. The monoisotopic (exact) mass is 387 g/mol. The summed E-state index contributed by atoms with van der Waals surface area (Å²) in [4.78, 5) is 25.6. The molecule has 8 nitrogen and oxygen atoms in total. The molecule has 0 saturated carbocycles. The van der Waals surface area contributed by atoms with Gasteiger partial charge in [0.15, 0.2) is 0 Å². The molecule has 0 atom stereocenters. The molecule has 1 N–H and O–H groups in total. The molecular weight excluding hydrogens is 362 g/mol. The highest BCUT2D eigenvalue weighted by Crippen LogP contribution is 2.18. The van der Waals surface area contributed by atoms with E-state index in [4.69, 9.17) is 14.0 Å². The Labute approximate surface area is 163 Å². The van der Waals surface area contributed by atoms with Gasteiger partial charge in [0.25, 0.3) is 5.91 Å². The van der Waals surface area contributed by atoms with E-state index in [1.54, 1.807) is 29.2 Å². The highest BCUT2D eigenvalue weighted by molar-refractivity contribution is 5.94. The molecule has 0 bridgehead atoms. The van der Waals surface area contributed by atoms with E-state index < -0.39 is 0 Å². The molecule has 1 aliphatic rings. The summed E-state index contributed by atoms with van der Waals surface area (Å²) in [5.41, 5.74) is 2.31. The normalized spacial score (nSPS) is 14.6. The minimum Gasteiger partial charge on any atom is -0.489 e. The number of ether oxygens (including phenoxy) is 2. The Hall–Kier alpha value is -3.03. The zero-order chi connectivity index (χ0) is 20.1. The molecular formula is C20H25N3O5. The standard InChI is InChI=1S/C20H25N3O5/c1-13-18(14(2)28-22-13)12-27-17-6-4-15(5-7-17)19(24)21-16-8-10-23(11-9-16)20(25)26-3/h4-7,16H,8-12H2,1-3H3,(H,21,24). The van der Waals surface area contributed by atoms with Gasteiger partial charge in [-0.3, -0.25) is 4.79 Å². The lowest BCUT2D eigenvalue weighted by Crippen LogP contribution is -2.46. The topological polar surface area (TPSA) is 93.9 Å². The molecule has 8 heteroatoms. The maximum atomic E-state index is 12.5. The first-order valence-corrected chi connectivity index (χ1v) is 9.26. The van der Waals surface area contributed by atoms with Crippen LogP contribution >= 0.6 is 0 Å². The summed E-state index contributed by atoms with van der Waals surface area (Å²) in [6.07, 6.45) is 1.09. The van der Waals surface area contributed by atoms with Crippen LogP contribution in [-0.2, 0) is 11.3 Å². The summed E-state index contributed by atoms with van der Waals surface area (Å²) in [5, 5.41) is 6.93. The van der Waals surface area contributed by atoms with Gasteiger partial charge in [-0.15, -0.1) is 0 Å². The molecule has 0 aliphatic carbocycles. The van der Waals surface area contributed by atoms with Gasteiger partial charge in [0.2, 0.25) is 0 Å². The van der Waals surface area contributed by atoms with Crippen LogP contribution in [0.3, 0.4) is 0 Å². The van der Waals surface area contributed by atoms with Crippen molar-refractivity contribution in [2.75, 3.05) is 20.2 Å². The van der Waals surface area contributed by atoms with Crippen LogP contribution < -0.4 is 10.1 Å². The quantitative estimate of drug-likeness (QED) is 0.848. The van der Waals surface area contributed by atoms with E-state index in [2.05, 4.69) is 10.5 Å². The molecule has 1 aliphatic heterocycles. The van der Waals surface area contributed by atoms with Gasteiger partial charge in [-0.05, 0) is 51.0 Å². The SMILES string of the molecule is COC(=O)N1CCC(NC(=O)c2ccc(OCc3c(C)noc3C)cc2)CC1.